The van der Waals surface area contributed by atoms with Crippen molar-refractivity contribution in [2.45, 2.75) is 44.6 Å². The minimum Gasteiger partial charge on any atom is -0.385 e. The maximum Gasteiger partial charge on any atom is 0.229 e. The highest BCUT2D eigenvalue weighted by Gasteiger charge is 2.47. The molecule has 8 heteroatoms. The van der Waals surface area contributed by atoms with E-state index in [-0.39, 0.29) is 35.1 Å². The van der Waals surface area contributed by atoms with Gasteiger partial charge in [-0.05, 0) is 54.2 Å². The number of allylic oxidation sites excluding steroid dienone is 1. The van der Waals surface area contributed by atoms with Crippen LogP contribution in [0.15, 0.2) is 36.5 Å². The Morgan fingerprint density at radius 3 is 2.91 bits per heavy atom. The number of amides is 1. The lowest BCUT2D eigenvalue weighted by Gasteiger charge is -2.27. The number of aromatic nitrogens is 2. The maximum atomic E-state index is 12.0. The topological polar surface area (TPSA) is 105 Å². The van der Waals surface area contributed by atoms with Crippen LogP contribution in [0.2, 0.25) is 5.02 Å². The largest absolute Gasteiger partial charge is 0.385 e. The summed E-state index contributed by atoms with van der Waals surface area (Å²) in [6.45, 7) is 5.54. The molecular weight excluding hydrogens is 424 g/mol. The van der Waals surface area contributed by atoms with Gasteiger partial charge >= 0.3 is 0 Å². The Balaban J connectivity index is 1.37. The quantitative estimate of drug-likeness (QED) is 0.500. The second-order valence-corrected chi connectivity index (χ2v) is 10.1. The summed E-state index contributed by atoms with van der Waals surface area (Å²) < 4.78 is 0. The van der Waals surface area contributed by atoms with Crippen molar-refractivity contribution in [3.05, 3.63) is 47.1 Å². The van der Waals surface area contributed by atoms with Gasteiger partial charge in [-0.2, -0.15) is 4.98 Å². The minimum atomic E-state index is -0.289. The van der Waals surface area contributed by atoms with E-state index in [2.05, 4.69) is 70.1 Å². The molecule has 7 nitrogen and oxygen atoms in total. The first-order valence-corrected chi connectivity index (χ1v) is 11.6. The summed E-state index contributed by atoms with van der Waals surface area (Å²) >= 11 is 6.39. The molecule has 2 aliphatic carbocycles. The highest BCUT2D eigenvalue weighted by molar-refractivity contribution is 6.32. The summed E-state index contributed by atoms with van der Waals surface area (Å²) in [7, 11) is 0. The molecule has 3 aliphatic rings. The zero-order valence-corrected chi connectivity index (χ0v) is 19.1. The van der Waals surface area contributed by atoms with Crippen molar-refractivity contribution in [3.63, 3.8) is 0 Å². The van der Waals surface area contributed by atoms with Crippen molar-refractivity contribution < 1.29 is 4.79 Å². The van der Waals surface area contributed by atoms with Crippen LogP contribution in [0.1, 0.15) is 38.7 Å². The molecule has 32 heavy (non-hydrogen) atoms. The normalized spacial score (nSPS) is 27.3. The van der Waals surface area contributed by atoms with Crippen LogP contribution in [0.25, 0.3) is 0 Å². The van der Waals surface area contributed by atoms with Crippen LogP contribution in [-0.4, -0.2) is 28.5 Å². The fourth-order valence-electron chi connectivity index (χ4n) is 5.47. The van der Waals surface area contributed by atoms with Crippen molar-refractivity contribution >= 4 is 40.6 Å². The summed E-state index contributed by atoms with van der Waals surface area (Å²) in [5.41, 5.74) is 9.19. The van der Waals surface area contributed by atoms with Crippen molar-refractivity contribution in [2.75, 3.05) is 22.5 Å². The number of anilines is 4. The van der Waals surface area contributed by atoms with Crippen molar-refractivity contribution in [3.8, 4) is 0 Å². The molecular formula is C24H29ClN6O. The Bertz CT molecular complexity index is 1080. The average molecular weight is 453 g/mol. The number of carbonyl (C=O) groups excluding carboxylic acids is 1. The van der Waals surface area contributed by atoms with Gasteiger partial charge in [0.15, 0.2) is 5.82 Å². The summed E-state index contributed by atoms with van der Waals surface area (Å²) in [4.78, 5) is 21.0. The summed E-state index contributed by atoms with van der Waals surface area (Å²) in [5, 5.41) is 10.6. The molecule has 0 spiro atoms. The van der Waals surface area contributed by atoms with E-state index in [1.54, 1.807) is 6.20 Å². The van der Waals surface area contributed by atoms with Crippen LogP contribution in [0.5, 0.6) is 0 Å². The SMILES string of the molecule is CC1(C)CCCNc2cc(Nc3ncc(Cl)c(N[C@H]4[C@@H](C(N)=O)[C@@H]5C=C[C@H]4C5)n3)ccc21. The Morgan fingerprint density at radius 1 is 1.28 bits per heavy atom. The number of nitrogens with zero attached hydrogens (tertiary/aromatic N) is 2. The van der Waals surface area contributed by atoms with Gasteiger partial charge in [0.2, 0.25) is 11.9 Å². The molecule has 5 N–H and O–H groups in total. The van der Waals surface area contributed by atoms with Gasteiger partial charge in [-0.15, -0.1) is 0 Å². The van der Waals surface area contributed by atoms with E-state index in [1.807, 2.05) is 0 Å². The average Bonchev–Trinajstić information content (AvgIpc) is 3.31. The van der Waals surface area contributed by atoms with Gasteiger partial charge in [0, 0.05) is 24.0 Å². The molecule has 1 fully saturated rings. The highest BCUT2D eigenvalue weighted by atomic mass is 35.5. The van der Waals surface area contributed by atoms with Crippen LogP contribution in [0.3, 0.4) is 0 Å². The molecule has 2 aromatic rings. The number of hydrogen-bond acceptors (Lipinski definition) is 6. The Morgan fingerprint density at radius 2 is 2.09 bits per heavy atom. The van der Waals surface area contributed by atoms with Crippen LogP contribution in [0, 0.1) is 17.8 Å². The number of benzene rings is 1. The molecule has 2 heterocycles. The fraction of sp³-hybridized carbons (Fsp3) is 0.458. The first kappa shape index (κ1) is 21.1. The lowest BCUT2D eigenvalue weighted by molar-refractivity contribution is -0.122. The molecule has 0 radical (unpaired) electrons. The molecule has 1 aliphatic heterocycles. The number of nitrogens with two attached hydrogens (primary N) is 1. The van der Waals surface area contributed by atoms with Crippen molar-refractivity contribution in [2.24, 2.45) is 23.5 Å². The molecule has 168 valence electrons. The standard InChI is InChI=1S/C24H29ClN6O/c1-24(2)8-3-9-27-18-11-15(6-7-16(18)24)29-23-28-12-17(25)22(31-23)30-20-14-5-4-13(10-14)19(20)21(26)32/h4-7,11-14,19-20,27H,3,8-10H2,1-2H3,(H2,26,32)(H2,28,29,30,31)/t13-,14+,19+,20-/m1/s1. The zero-order chi connectivity index (χ0) is 22.5. The van der Waals surface area contributed by atoms with E-state index in [0.29, 0.717) is 16.8 Å². The third kappa shape index (κ3) is 3.79. The zero-order valence-electron chi connectivity index (χ0n) is 18.4. The van der Waals surface area contributed by atoms with E-state index < -0.39 is 0 Å². The van der Waals surface area contributed by atoms with Gasteiger partial charge in [0.05, 0.1) is 12.1 Å². The second-order valence-electron chi connectivity index (χ2n) is 9.74. The Kier molecular flexibility index (Phi) is 5.24. The Labute approximate surface area is 193 Å². The molecule has 1 amide bonds. The molecule has 0 unspecified atom stereocenters. The monoisotopic (exact) mass is 452 g/mol. The number of fused-ring (bicyclic) bond motifs is 3. The first-order valence-electron chi connectivity index (χ1n) is 11.2. The molecule has 1 saturated carbocycles. The summed E-state index contributed by atoms with van der Waals surface area (Å²) in [6, 6.07) is 6.23. The van der Waals surface area contributed by atoms with E-state index in [1.165, 1.54) is 5.56 Å². The van der Waals surface area contributed by atoms with Gasteiger partial charge in [-0.25, -0.2) is 4.98 Å². The number of halogens is 1. The highest BCUT2D eigenvalue weighted by Crippen LogP contribution is 2.45. The van der Waals surface area contributed by atoms with Gasteiger partial charge < -0.3 is 21.7 Å². The summed E-state index contributed by atoms with van der Waals surface area (Å²) in [6.07, 6.45) is 9.05. The van der Waals surface area contributed by atoms with E-state index in [9.17, 15) is 4.79 Å². The number of hydrogen-bond donors (Lipinski definition) is 4. The number of nitrogens with one attached hydrogen (secondary N) is 3. The molecule has 4 atom stereocenters. The van der Waals surface area contributed by atoms with Gasteiger partial charge in [0.25, 0.3) is 0 Å². The third-order valence-corrected chi connectivity index (χ3v) is 7.41. The third-order valence-electron chi connectivity index (χ3n) is 7.13. The number of carbonyl (C=O) groups is 1. The molecule has 2 bridgehead atoms. The first-order chi connectivity index (χ1) is 15.3. The van der Waals surface area contributed by atoms with E-state index in [4.69, 9.17) is 17.3 Å². The van der Waals surface area contributed by atoms with Crippen LogP contribution >= 0.6 is 11.6 Å². The van der Waals surface area contributed by atoms with Gasteiger partial charge in [0.1, 0.15) is 5.02 Å². The lowest BCUT2D eigenvalue weighted by atomic mass is 9.80. The maximum absolute atomic E-state index is 12.0. The minimum absolute atomic E-state index is 0.110. The molecule has 5 rings (SSSR count). The molecule has 1 aromatic heterocycles. The molecule has 0 saturated heterocycles. The second kappa shape index (κ2) is 7.96. The Hall–Kier alpha value is -2.80. The predicted octanol–water partition coefficient (Wildman–Crippen LogP) is 4.44. The van der Waals surface area contributed by atoms with Crippen LogP contribution in [0.4, 0.5) is 23.1 Å². The smallest absolute Gasteiger partial charge is 0.229 e. The van der Waals surface area contributed by atoms with Crippen molar-refractivity contribution in [1.29, 1.82) is 0 Å². The van der Waals surface area contributed by atoms with Crippen LogP contribution < -0.4 is 21.7 Å². The predicted molar refractivity (Wildman–Crippen MR) is 128 cm³/mol. The van der Waals surface area contributed by atoms with Gasteiger partial charge in [-0.3, -0.25) is 4.79 Å². The molecule has 1 aromatic carbocycles. The summed E-state index contributed by atoms with van der Waals surface area (Å²) in [5.74, 6) is 0.840. The van der Waals surface area contributed by atoms with Crippen LogP contribution in [-0.2, 0) is 10.2 Å². The van der Waals surface area contributed by atoms with Crippen molar-refractivity contribution in [1.82, 2.24) is 9.97 Å². The van der Waals surface area contributed by atoms with Gasteiger partial charge in [-0.1, -0.05) is 43.7 Å². The fourth-order valence-corrected chi connectivity index (χ4v) is 5.61. The number of rotatable bonds is 5. The number of primary amides is 1. The van der Waals surface area contributed by atoms with E-state index in [0.717, 1.165) is 37.2 Å². The van der Waals surface area contributed by atoms with E-state index >= 15 is 0 Å². The lowest BCUT2D eigenvalue weighted by Crippen LogP contribution is -2.41.